The molecular weight excluding hydrogens is 526 g/mol. The molecule has 1 aliphatic heterocycles. The molecule has 7 nitrogen and oxygen atoms in total. The molecule has 0 spiro atoms. The number of rotatable bonds is 13. The maximum atomic E-state index is 10.5. The Balaban J connectivity index is 1.05. The van der Waals surface area contributed by atoms with Gasteiger partial charge < -0.3 is 34.8 Å². The van der Waals surface area contributed by atoms with E-state index in [1.165, 1.54) is 42.2 Å². The maximum absolute atomic E-state index is 10.5. The number of ether oxygens (including phenoxy) is 3. The third-order valence-electron chi connectivity index (χ3n) is 7.39. The van der Waals surface area contributed by atoms with Crippen molar-refractivity contribution in [2.75, 3.05) is 26.3 Å². The molecule has 0 unspecified atom stereocenters. The average molecular weight is 566 g/mol. The normalized spacial score (nSPS) is 17.7. The van der Waals surface area contributed by atoms with Gasteiger partial charge in [0.2, 0.25) is 0 Å². The summed E-state index contributed by atoms with van der Waals surface area (Å²) in [5, 5.41) is 33.5. The highest BCUT2D eigenvalue weighted by molar-refractivity contribution is 8.00. The number of hydrogen-bond acceptors (Lipinski definition) is 8. The zero-order valence-electron chi connectivity index (χ0n) is 22.8. The highest BCUT2D eigenvalue weighted by atomic mass is 32.2. The number of hydrogen-bond donors (Lipinski definition) is 4. The molecule has 1 fully saturated rings. The summed E-state index contributed by atoms with van der Waals surface area (Å²) >= 11 is 2.00. The van der Waals surface area contributed by atoms with Crippen LogP contribution in [0.25, 0.3) is 0 Å². The molecule has 8 heteroatoms. The van der Waals surface area contributed by atoms with E-state index in [1.54, 1.807) is 12.1 Å². The average Bonchev–Trinajstić information content (AvgIpc) is 3.48. The van der Waals surface area contributed by atoms with E-state index in [2.05, 4.69) is 29.6 Å². The van der Waals surface area contributed by atoms with Crippen molar-refractivity contribution >= 4 is 11.8 Å². The van der Waals surface area contributed by atoms with E-state index in [-0.39, 0.29) is 18.5 Å². The van der Waals surface area contributed by atoms with Crippen LogP contribution in [-0.2, 0) is 24.4 Å². The molecule has 5 rings (SSSR count). The third kappa shape index (κ3) is 7.92. The lowest BCUT2D eigenvalue weighted by atomic mass is 10.1. The van der Waals surface area contributed by atoms with E-state index >= 15 is 0 Å². The van der Waals surface area contributed by atoms with Crippen LogP contribution in [0.3, 0.4) is 0 Å². The molecule has 0 bridgehead atoms. The molecule has 2 atom stereocenters. The third-order valence-corrected chi connectivity index (χ3v) is 8.72. The number of phenols is 1. The molecule has 1 aliphatic carbocycles. The minimum Gasteiger partial charge on any atom is -0.508 e. The van der Waals surface area contributed by atoms with E-state index in [0.29, 0.717) is 44.0 Å². The zero-order valence-corrected chi connectivity index (χ0v) is 23.6. The fourth-order valence-electron chi connectivity index (χ4n) is 5.14. The second-order valence-corrected chi connectivity index (χ2v) is 11.9. The summed E-state index contributed by atoms with van der Waals surface area (Å²) in [6.45, 7) is 2.23. The molecule has 1 saturated carbocycles. The molecule has 4 N–H and O–H groups in total. The van der Waals surface area contributed by atoms with Crippen molar-refractivity contribution in [2.24, 2.45) is 0 Å². The van der Waals surface area contributed by atoms with Gasteiger partial charge in [0, 0.05) is 22.3 Å². The molecular formula is C32H39NO6S. The SMILES string of the molecule is OCc1cc([C@@H](O)CNCCc2ccc3c(c2)O[C@H](COCc2cccc(SC4CCCC4)c2)CO3)ccc1O. The molecule has 0 amide bonds. The summed E-state index contributed by atoms with van der Waals surface area (Å²) in [5.41, 5.74) is 3.34. The van der Waals surface area contributed by atoms with Crippen molar-refractivity contribution in [1.82, 2.24) is 5.32 Å². The standard InChI is InChI=1S/C32H39NO6S/c34-18-25-16-24(9-10-29(25)35)30(36)17-33-13-12-22-8-11-31-32(15-22)39-26(21-38-31)20-37-19-23-4-3-7-28(14-23)40-27-5-1-2-6-27/h3-4,7-11,14-16,26-27,30,33-36H,1-2,5-6,12-13,17-21H2/t26-,30+/m1/s1. The van der Waals surface area contributed by atoms with Crippen LogP contribution in [0.5, 0.6) is 17.2 Å². The molecule has 0 saturated heterocycles. The summed E-state index contributed by atoms with van der Waals surface area (Å²) < 4.78 is 18.1. The topological polar surface area (TPSA) is 100 Å². The molecule has 2 aliphatic rings. The van der Waals surface area contributed by atoms with Gasteiger partial charge in [0.1, 0.15) is 12.4 Å². The Bertz CT molecular complexity index is 1250. The van der Waals surface area contributed by atoms with Gasteiger partial charge in [0.05, 0.1) is 25.9 Å². The quantitative estimate of drug-likeness (QED) is 0.212. The minimum absolute atomic E-state index is 0.0255. The summed E-state index contributed by atoms with van der Waals surface area (Å²) in [6.07, 6.45) is 5.21. The number of aromatic hydroxyl groups is 1. The van der Waals surface area contributed by atoms with E-state index in [0.717, 1.165) is 28.7 Å². The smallest absolute Gasteiger partial charge is 0.162 e. The Morgan fingerprint density at radius 2 is 1.88 bits per heavy atom. The van der Waals surface area contributed by atoms with Crippen LogP contribution in [0, 0.1) is 0 Å². The molecule has 0 aromatic heterocycles. The zero-order chi connectivity index (χ0) is 27.7. The van der Waals surface area contributed by atoms with Crippen LogP contribution in [-0.4, -0.2) is 53.0 Å². The maximum Gasteiger partial charge on any atom is 0.162 e. The largest absolute Gasteiger partial charge is 0.508 e. The lowest BCUT2D eigenvalue weighted by Gasteiger charge is -2.27. The molecule has 0 radical (unpaired) electrons. The highest BCUT2D eigenvalue weighted by Crippen LogP contribution is 2.35. The summed E-state index contributed by atoms with van der Waals surface area (Å²) in [4.78, 5) is 1.33. The Morgan fingerprint density at radius 1 is 1.00 bits per heavy atom. The number of thioether (sulfide) groups is 1. The lowest BCUT2D eigenvalue weighted by molar-refractivity contribution is 0.00263. The fourth-order valence-corrected chi connectivity index (χ4v) is 6.47. The molecule has 3 aromatic carbocycles. The highest BCUT2D eigenvalue weighted by Gasteiger charge is 2.22. The predicted octanol–water partition coefficient (Wildman–Crippen LogP) is 5.14. The number of fused-ring (bicyclic) bond motifs is 1. The van der Waals surface area contributed by atoms with Crippen molar-refractivity contribution in [2.45, 2.75) is 67.7 Å². The van der Waals surface area contributed by atoms with Gasteiger partial charge in [-0.15, -0.1) is 11.8 Å². The van der Waals surface area contributed by atoms with Crippen LogP contribution in [0.15, 0.2) is 65.6 Å². The minimum atomic E-state index is -0.736. The van der Waals surface area contributed by atoms with Gasteiger partial charge in [-0.05, 0) is 78.9 Å². The van der Waals surface area contributed by atoms with Gasteiger partial charge in [-0.2, -0.15) is 0 Å². The lowest BCUT2D eigenvalue weighted by Crippen LogP contribution is -2.33. The van der Waals surface area contributed by atoms with Crippen molar-refractivity contribution in [3.8, 4) is 17.2 Å². The van der Waals surface area contributed by atoms with E-state index in [4.69, 9.17) is 14.2 Å². The van der Waals surface area contributed by atoms with Gasteiger partial charge in [0.15, 0.2) is 17.6 Å². The monoisotopic (exact) mass is 565 g/mol. The second-order valence-electron chi connectivity index (χ2n) is 10.5. The van der Waals surface area contributed by atoms with Crippen molar-refractivity contribution in [1.29, 1.82) is 0 Å². The number of benzene rings is 3. The molecule has 40 heavy (non-hydrogen) atoms. The van der Waals surface area contributed by atoms with Gasteiger partial charge >= 0.3 is 0 Å². The van der Waals surface area contributed by atoms with E-state index < -0.39 is 6.10 Å². The first kappa shape index (κ1) is 28.8. The Morgan fingerprint density at radius 3 is 2.73 bits per heavy atom. The Kier molecular flexibility index (Phi) is 10.2. The summed E-state index contributed by atoms with van der Waals surface area (Å²) in [5.74, 6) is 1.50. The number of aliphatic hydroxyl groups is 2. The summed E-state index contributed by atoms with van der Waals surface area (Å²) in [7, 11) is 0. The molecule has 1 heterocycles. The molecule has 3 aromatic rings. The van der Waals surface area contributed by atoms with Crippen LogP contribution in [0.4, 0.5) is 0 Å². The van der Waals surface area contributed by atoms with Crippen molar-refractivity contribution in [3.63, 3.8) is 0 Å². The van der Waals surface area contributed by atoms with E-state index in [9.17, 15) is 15.3 Å². The van der Waals surface area contributed by atoms with Gasteiger partial charge in [-0.3, -0.25) is 0 Å². The number of nitrogens with one attached hydrogen (secondary N) is 1. The van der Waals surface area contributed by atoms with Crippen LogP contribution < -0.4 is 14.8 Å². The van der Waals surface area contributed by atoms with Crippen molar-refractivity contribution in [3.05, 3.63) is 82.9 Å². The predicted molar refractivity (Wildman–Crippen MR) is 156 cm³/mol. The first-order valence-electron chi connectivity index (χ1n) is 14.1. The Hall–Kier alpha value is -2.75. The first-order valence-corrected chi connectivity index (χ1v) is 15.0. The number of aliphatic hydroxyl groups excluding tert-OH is 2. The van der Waals surface area contributed by atoms with Crippen molar-refractivity contribution < 1.29 is 29.5 Å². The van der Waals surface area contributed by atoms with E-state index in [1.807, 2.05) is 30.0 Å². The van der Waals surface area contributed by atoms with Crippen LogP contribution in [0.1, 0.15) is 54.0 Å². The Labute approximate surface area is 240 Å². The molecule has 214 valence electrons. The van der Waals surface area contributed by atoms with Crippen LogP contribution in [0.2, 0.25) is 0 Å². The van der Waals surface area contributed by atoms with Gasteiger partial charge in [-0.25, -0.2) is 0 Å². The van der Waals surface area contributed by atoms with Gasteiger partial charge in [-0.1, -0.05) is 37.1 Å². The van der Waals surface area contributed by atoms with Gasteiger partial charge in [0.25, 0.3) is 0 Å². The summed E-state index contributed by atoms with van der Waals surface area (Å²) in [6, 6.07) is 19.4. The first-order chi connectivity index (χ1) is 19.6. The fraction of sp³-hybridized carbons (Fsp3) is 0.438. The second kappa shape index (κ2) is 14.2. The van der Waals surface area contributed by atoms with Crippen LogP contribution >= 0.6 is 11.8 Å².